The van der Waals surface area contributed by atoms with Crippen molar-refractivity contribution < 1.29 is 4.79 Å². The fraction of sp³-hybridized carbons (Fsp3) is 0.438. The summed E-state index contributed by atoms with van der Waals surface area (Å²) >= 11 is 0. The zero-order chi connectivity index (χ0) is 13.6. The predicted molar refractivity (Wildman–Crippen MR) is 82.0 cm³/mol. The third kappa shape index (κ3) is 3.95. The van der Waals surface area contributed by atoms with Gasteiger partial charge in [-0.2, -0.15) is 0 Å². The van der Waals surface area contributed by atoms with Gasteiger partial charge in [-0.25, -0.2) is 0 Å². The van der Waals surface area contributed by atoms with E-state index in [1.807, 2.05) is 0 Å². The van der Waals surface area contributed by atoms with Crippen molar-refractivity contribution in [2.75, 3.05) is 0 Å². The molecule has 0 radical (unpaired) electrons. The highest BCUT2D eigenvalue weighted by atomic mass is 28.3. The van der Waals surface area contributed by atoms with Gasteiger partial charge in [0.1, 0.15) is 14.4 Å². The summed E-state index contributed by atoms with van der Waals surface area (Å²) < 4.78 is 0. The molecule has 1 nitrogen and oxygen atoms in total. The quantitative estimate of drug-likeness (QED) is 0.432. The Labute approximate surface area is 112 Å². The highest BCUT2D eigenvalue weighted by Gasteiger charge is 2.22. The molecule has 1 aromatic rings. The average molecular weight is 260 g/mol. The Balaban J connectivity index is 3.02. The Morgan fingerprint density at radius 2 is 1.94 bits per heavy atom. The van der Waals surface area contributed by atoms with Crippen LogP contribution in [-0.2, 0) is 4.79 Å². The molecule has 0 fully saturated rings. The lowest BCUT2D eigenvalue weighted by atomic mass is 10.1. The first-order valence-corrected chi connectivity index (χ1v) is 9.82. The summed E-state index contributed by atoms with van der Waals surface area (Å²) in [6.07, 6.45) is 4.20. The van der Waals surface area contributed by atoms with Crippen LogP contribution >= 0.6 is 0 Å². The summed E-state index contributed by atoms with van der Waals surface area (Å²) in [5.41, 5.74) is 4.58. The molecule has 0 aliphatic heterocycles. The first-order valence-electron chi connectivity index (χ1n) is 6.74. The van der Waals surface area contributed by atoms with Gasteiger partial charge in [-0.05, 0) is 25.3 Å². The summed E-state index contributed by atoms with van der Waals surface area (Å²) in [6.45, 7) is 8.94. The fourth-order valence-corrected chi connectivity index (χ4v) is 5.30. The molecule has 0 bridgehead atoms. The average Bonchev–Trinajstić information content (AvgIpc) is 2.34. The fourth-order valence-electron chi connectivity index (χ4n) is 2.38. The van der Waals surface area contributed by atoms with Gasteiger partial charge in [0.2, 0.25) is 0 Å². The largest absolute Gasteiger partial charge is 0.298 e. The maximum atomic E-state index is 11.2. The Kier molecular flexibility index (Phi) is 5.54. The summed E-state index contributed by atoms with van der Waals surface area (Å²) in [6, 6.07) is 8.53. The number of carbonyl (C=O) groups is 1. The molecule has 0 aliphatic rings. The molecule has 0 amide bonds. The minimum Gasteiger partial charge on any atom is -0.298 e. The molecule has 0 aromatic heterocycles. The standard InChI is InChI=1S/C16H24OSi/c1-5-6-10-15(12-17)13-18(3,4)16-11-8-7-9-14(16)2/h7-9,11-13H,5-6,10H2,1-4H3/b15-13-. The van der Waals surface area contributed by atoms with Crippen molar-refractivity contribution in [3.8, 4) is 0 Å². The van der Waals surface area contributed by atoms with E-state index in [1.54, 1.807) is 0 Å². The minimum atomic E-state index is -1.65. The molecule has 18 heavy (non-hydrogen) atoms. The van der Waals surface area contributed by atoms with Crippen LogP contribution in [0.4, 0.5) is 0 Å². The number of hydrogen-bond donors (Lipinski definition) is 0. The molecular formula is C16H24OSi. The van der Waals surface area contributed by atoms with E-state index in [9.17, 15) is 4.79 Å². The number of allylic oxidation sites excluding steroid dienone is 1. The van der Waals surface area contributed by atoms with Gasteiger partial charge >= 0.3 is 0 Å². The monoisotopic (exact) mass is 260 g/mol. The molecule has 98 valence electrons. The molecule has 0 spiro atoms. The van der Waals surface area contributed by atoms with Crippen LogP contribution in [0.3, 0.4) is 0 Å². The van der Waals surface area contributed by atoms with Crippen LogP contribution in [0.2, 0.25) is 13.1 Å². The molecule has 0 saturated carbocycles. The number of hydrogen-bond acceptors (Lipinski definition) is 1. The van der Waals surface area contributed by atoms with Crippen LogP contribution in [-0.4, -0.2) is 14.4 Å². The molecule has 1 aromatic carbocycles. The van der Waals surface area contributed by atoms with Gasteiger partial charge in [0.15, 0.2) is 0 Å². The summed E-state index contributed by atoms with van der Waals surface area (Å²) in [5.74, 6) is 0. The van der Waals surface area contributed by atoms with Crippen LogP contribution in [0.15, 0.2) is 35.5 Å². The van der Waals surface area contributed by atoms with Crippen LogP contribution in [0.5, 0.6) is 0 Å². The first kappa shape index (κ1) is 14.9. The molecule has 2 heteroatoms. The van der Waals surface area contributed by atoms with E-state index < -0.39 is 8.07 Å². The zero-order valence-corrected chi connectivity index (χ0v) is 13.0. The van der Waals surface area contributed by atoms with Crippen molar-refractivity contribution >= 4 is 19.5 Å². The van der Waals surface area contributed by atoms with Crippen molar-refractivity contribution in [3.05, 3.63) is 41.1 Å². The highest BCUT2D eigenvalue weighted by Crippen LogP contribution is 2.14. The third-order valence-corrected chi connectivity index (χ3v) is 6.40. The number of aryl methyl sites for hydroxylation is 1. The van der Waals surface area contributed by atoms with E-state index >= 15 is 0 Å². The van der Waals surface area contributed by atoms with Gasteiger partial charge in [-0.3, -0.25) is 4.79 Å². The van der Waals surface area contributed by atoms with Gasteiger partial charge in [0.05, 0.1) is 0 Å². The molecule has 0 unspecified atom stereocenters. The van der Waals surface area contributed by atoms with Crippen molar-refractivity contribution in [1.29, 1.82) is 0 Å². The second kappa shape index (κ2) is 6.69. The van der Waals surface area contributed by atoms with E-state index in [-0.39, 0.29) is 0 Å². The van der Waals surface area contributed by atoms with Crippen LogP contribution in [0.1, 0.15) is 31.7 Å². The van der Waals surface area contributed by atoms with Crippen LogP contribution < -0.4 is 5.19 Å². The maximum absolute atomic E-state index is 11.2. The lowest BCUT2D eigenvalue weighted by Gasteiger charge is -2.22. The third-order valence-electron chi connectivity index (χ3n) is 3.36. The molecule has 0 N–H and O–H groups in total. The van der Waals surface area contributed by atoms with E-state index in [1.165, 1.54) is 10.8 Å². The zero-order valence-electron chi connectivity index (χ0n) is 12.0. The van der Waals surface area contributed by atoms with Crippen LogP contribution in [0, 0.1) is 6.92 Å². The number of rotatable bonds is 6. The Morgan fingerprint density at radius 3 is 2.50 bits per heavy atom. The SMILES string of the molecule is CCCC/C(C=O)=C/[Si](C)(C)c1ccccc1C. The number of unbranched alkanes of at least 4 members (excludes halogenated alkanes) is 1. The van der Waals surface area contributed by atoms with Gasteiger partial charge in [0.25, 0.3) is 0 Å². The maximum Gasteiger partial charge on any atom is 0.145 e. The molecular weight excluding hydrogens is 236 g/mol. The lowest BCUT2D eigenvalue weighted by molar-refractivity contribution is -0.105. The molecule has 0 aliphatic carbocycles. The smallest absolute Gasteiger partial charge is 0.145 e. The minimum absolute atomic E-state index is 0.919. The van der Waals surface area contributed by atoms with E-state index in [2.05, 4.69) is 56.9 Å². The summed E-state index contributed by atoms with van der Waals surface area (Å²) in [7, 11) is -1.65. The summed E-state index contributed by atoms with van der Waals surface area (Å²) in [4.78, 5) is 11.2. The topological polar surface area (TPSA) is 17.1 Å². The van der Waals surface area contributed by atoms with E-state index in [0.717, 1.165) is 31.1 Å². The molecule has 0 saturated heterocycles. The molecule has 0 atom stereocenters. The van der Waals surface area contributed by atoms with Crippen LogP contribution in [0.25, 0.3) is 0 Å². The van der Waals surface area contributed by atoms with E-state index in [0.29, 0.717) is 0 Å². The van der Waals surface area contributed by atoms with Gasteiger partial charge in [-0.15, -0.1) is 0 Å². The number of benzene rings is 1. The Bertz CT molecular complexity index is 432. The Morgan fingerprint density at radius 1 is 1.28 bits per heavy atom. The second-order valence-electron chi connectivity index (χ2n) is 5.48. The number of carbonyl (C=O) groups excluding carboxylic acids is 1. The number of aldehydes is 1. The van der Waals surface area contributed by atoms with Crippen molar-refractivity contribution in [2.45, 2.75) is 46.2 Å². The normalized spacial score (nSPS) is 12.6. The van der Waals surface area contributed by atoms with Crippen molar-refractivity contribution in [3.63, 3.8) is 0 Å². The molecule has 1 rings (SSSR count). The second-order valence-corrected chi connectivity index (χ2v) is 9.75. The Hall–Kier alpha value is -1.15. The predicted octanol–water partition coefficient (Wildman–Crippen LogP) is 3.77. The summed E-state index contributed by atoms with van der Waals surface area (Å²) in [5, 5.41) is 1.43. The highest BCUT2D eigenvalue weighted by molar-refractivity contribution is 6.94. The van der Waals surface area contributed by atoms with Crippen molar-refractivity contribution in [1.82, 2.24) is 0 Å². The van der Waals surface area contributed by atoms with Gasteiger partial charge < -0.3 is 0 Å². The molecule has 0 heterocycles. The van der Waals surface area contributed by atoms with Gasteiger partial charge in [0, 0.05) is 0 Å². The van der Waals surface area contributed by atoms with Crippen molar-refractivity contribution in [2.24, 2.45) is 0 Å². The van der Waals surface area contributed by atoms with Gasteiger partial charge in [-0.1, -0.05) is 67.2 Å². The van der Waals surface area contributed by atoms with E-state index in [4.69, 9.17) is 0 Å². The first-order chi connectivity index (χ1) is 8.51. The lowest BCUT2D eigenvalue weighted by Crippen LogP contribution is -2.41.